The minimum Gasteiger partial charge on any atom is -0.545 e. The van der Waals surface area contributed by atoms with E-state index >= 15 is 0 Å². The molecule has 0 saturated carbocycles. The molecule has 2 amide bonds. The molecule has 0 aliphatic rings. The molecular weight excluding hydrogens is 320 g/mol. The van der Waals surface area contributed by atoms with Gasteiger partial charge >= 0.3 is 0 Å². The highest BCUT2D eigenvalue weighted by Gasteiger charge is 2.21. The Balaban J connectivity index is 2.07. The molecule has 0 atom stereocenters. The van der Waals surface area contributed by atoms with Gasteiger partial charge in [-0.15, -0.1) is 0 Å². The van der Waals surface area contributed by atoms with Crippen LogP contribution >= 0.6 is 0 Å². The van der Waals surface area contributed by atoms with E-state index in [1.807, 2.05) is 20.8 Å². The quantitative estimate of drug-likeness (QED) is 0.893. The minimum absolute atomic E-state index is 0.0157. The number of rotatable bonds is 4. The molecule has 25 heavy (non-hydrogen) atoms. The summed E-state index contributed by atoms with van der Waals surface area (Å²) in [5.41, 5.74) is 0.804. The summed E-state index contributed by atoms with van der Waals surface area (Å²) in [4.78, 5) is 35.0. The molecule has 2 rings (SSSR count). The highest BCUT2D eigenvalue weighted by atomic mass is 16.4. The summed E-state index contributed by atoms with van der Waals surface area (Å²) < 4.78 is 0. The Hall–Kier alpha value is -3.15. The van der Waals surface area contributed by atoms with Crippen LogP contribution in [0.25, 0.3) is 0 Å². The van der Waals surface area contributed by atoms with Gasteiger partial charge in [0.2, 0.25) is 5.91 Å². The van der Waals surface area contributed by atoms with E-state index in [9.17, 15) is 19.5 Å². The number of hydrogen-bond acceptors (Lipinski definition) is 4. The van der Waals surface area contributed by atoms with E-state index in [0.717, 1.165) is 0 Å². The molecule has 0 unspecified atom stereocenters. The second-order valence-corrected chi connectivity index (χ2v) is 6.60. The first-order valence-electron chi connectivity index (χ1n) is 7.71. The second-order valence-electron chi connectivity index (χ2n) is 6.60. The van der Waals surface area contributed by atoms with Gasteiger partial charge in [0, 0.05) is 22.4 Å². The molecule has 0 saturated heterocycles. The Bertz CT molecular complexity index is 805. The number of hydrogen-bond donors (Lipinski definition) is 2. The lowest BCUT2D eigenvalue weighted by Gasteiger charge is -2.17. The fraction of sp³-hybridized carbons (Fsp3) is 0.211. The van der Waals surface area contributed by atoms with Crippen molar-refractivity contribution < 1.29 is 19.5 Å². The summed E-state index contributed by atoms with van der Waals surface area (Å²) in [5.74, 6) is -1.82. The van der Waals surface area contributed by atoms with Crippen LogP contribution in [0, 0.1) is 5.41 Å². The average molecular weight is 339 g/mol. The summed E-state index contributed by atoms with van der Waals surface area (Å²) in [6.45, 7) is 5.43. The Labute approximate surface area is 145 Å². The summed E-state index contributed by atoms with van der Waals surface area (Å²) in [6.07, 6.45) is 0. The van der Waals surface area contributed by atoms with Crippen LogP contribution in [-0.4, -0.2) is 17.8 Å². The van der Waals surface area contributed by atoms with Gasteiger partial charge in [0.1, 0.15) is 0 Å². The predicted octanol–water partition coefficient (Wildman–Crippen LogP) is 2.29. The summed E-state index contributed by atoms with van der Waals surface area (Å²) in [7, 11) is 0. The number of amides is 2. The van der Waals surface area contributed by atoms with Crippen molar-refractivity contribution in [2.75, 3.05) is 10.6 Å². The molecule has 0 spiro atoms. The molecule has 6 heteroatoms. The van der Waals surface area contributed by atoms with E-state index < -0.39 is 11.4 Å². The zero-order valence-corrected chi connectivity index (χ0v) is 14.3. The van der Waals surface area contributed by atoms with Crippen LogP contribution in [0.4, 0.5) is 11.4 Å². The zero-order chi connectivity index (χ0) is 18.6. The van der Waals surface area contributed by atoms with Gasteiger partial charge in [0.15, 0.2) is 0 Å². The molecule has 0 aromatic heterocycles. The molecular formula is C19H19N2O4-. The lowest BCUT2D eigenvalue weighted by Crippen LogP contribution is -2.27. The maximum Gasteiger partial charge on any atom is 0.255 e. The van der Waals surface area contributed by atoms with E-state index in [1.165, 1.54) is 18.2 Å². The van der Waals surface area contributed by atoms with Crippen molar-refractivity contribution in [1.82, 2.24) is 0 Å². The van der Waals surface area contributed by atoms with Gasteiger partial charge in [-0.1, -0.05) is 32.9 Å². The number of carboxylic acid groups (broad SMARTS) is 1. The molecule has 0 heterocycles. The molecule has 0 fully saturated rings. The predicted molar refractivity (Wildman–Crippen MR) is 93.3 cm³/mol. The van der Waals surface area contributed by atoms with Crippen LogP contribution in [0.2, 0.25) is 0 Å². The van der Waals surface area contributed by atoms with Gasteiger partial charge in [0.25, 0.3) is 5.91 Å². The molecule has 130 valence electrons. The van der Waals surface area contributed by atoms with Gasteiger partial charge in [-0.25, -0.2) is 0 Å². The smallest absolute Gasteiger partial charge is 0.255 e. The van der Waals surface area contributed by atoms with Gasteiger partial charge in [-0.3, -0.25) is 9.59 Å². The van der Waals surface area contributed by atoms with Gasteiger partial charge in [0.05, 0.1) is 5.97 Å². The third kappa shape index (κ3) is 4.91. The van der Waals surface area contributed by atoms with Crippen molar-refractivity contribution in [2.45, 2.75) is 20.8 Å². The van der Waals surface area contributed by atoms with E-state index in [4.69, 9.17) is 0 Å². The third-order valence-corrected chi connectivity index (χ3v) is 3.44. The van der Waals surface area contributed by atoms with Gasteiger partial charge in [-0.05, 0) is 42.0 Å². The van der Waals surface area contributed by atoms with Crippen LogP contribution in [0.1, 0.15) is 41.5 Å². The second kappa shape index (κ2) is 7.17. The van der Waals surface area contributed by atoms with Crippen molar-refractivity contribution in [3.63, 3.8) is 0 Å². The van der Waals surface area contributed by atoms with Crippen LogP contribution in [0.5, 0.6) is 0 Å². The standard InChI is InChI=1S/C19H20N2O4/c1-19(2,3)18(25)21-14-9-7-12(8-10-14)16(22)20-15-6-4-5-13(11-15)17(23)24/h4-11H,1-3H3,(H,20,22)(H,21,25)(H,23,24)/p-1. The molecule has 2 N–H and O–H groups in total. The third-order valence-electron chi connectivity index (χ3n) is 3.44. The Morgan fingerprint density at radius 1 is 0.840 bits per heavy atom. The summed E-state index contributed by atoms with van der Waals surface area (Å²) >= 11 is 0. The number of nitrogens with one attached hydrogen (secondary N) is 2. The molecule has 2 aromatic rings. The highest BCUT2D eigenvalue weighted by molar-refractivity contribution is 6.05. The molecule has 0 radical (unpaired) electrons. The maximum atomic E-state index is 12.2. The molecule has 6 nitrogen and oxygen atoms in total. The van der Waals surface area contributed by atoms with Crippen LogP contribution in [0.15, 0.2) is 48.5 Å². The molecule has 0 bridgehead atoms. The number of benzene rings is 2. The Morgan fingerprint density at radius 2 is 1.48 bits per heavy atom. The summed E-state index contributed by atoms with van der Waals surface area (Å²) in [6, 6.07) is 12.2. The SMILES string of the molecule is CC(C)(C)C(=O)Nc1ccc(C(=O)Nc2cccc(C(=O)[O-])c2)cc1. The number of anilines is 2. The highest BCUT2D eigenvalue weighted by Crippen LogP contribution is 2.18. The van der Waals surface area contributed by atoms with Crippen LogP contribution in [-0.2, 0) is 4.79 Å². The van der Waals surface area contributed by atoms with E-state index in [2.05, 4.69) is 10.6 Å². The fourth-order valence-corrected chi connectivity index (χ4v) is 1.95. The fourth-order valence-electron chi connectivity index (χ4n) is 1.95. The Kier molecular flexibility index (Phi) is 5.22. The number of carboxylic acids is 1. The van der Waals surface area contributed by atoms with Crippen molar-refractivity contribution in [3.8, 4) is 0 Å². The monoisotopic (exact) mass is 339 g/mol. The first-order valence-corrected chi connectivity index (χ1v) is 7.71. The maximum absolute atomic E-state index is 12.2. The molecule has 0 aliphatic carbocycles. The minimum atomic E-state index is -1.31. The lowest BCUT2D eigenvalue weighted by atomic mass is 9.95. The Morgan fingerprint density at radius 3 is 2.04 bits per heavy atom. The first-order chi connectivity index (χ1) is 11.7. The van der Waals surface area contributed by atoms with E-state index in [1.54, 1.807) is 30.3 Å². The van der Waals surface area contributed by atoms with Crippen molar-refractivity contribution >= 4 is 29.2 Å². The van der Waals surface area contributed by atoms with Gasteiger partial charge in [-0.2, -0.15) is 0 Å². The largest absolute Gasteiger partial charge is 0.545 e. The van der Waals surface area contributed by atoms with Crippen molar-refractivity contribution in [3.05, 3.63) is 59.7 Å². The normalized spacial score (nSPS) is 10.8. The van der Waals surface area contributed by atoms with Crippen molar-refractivity contribution in [1.29, 1.82) is 0 Å². The first kappa shape index (κ1) is 18.2. The number of carbonyl (C=O) groups is 3. The number of carbonyl (C=O) groups excluding carboxylic acids is 3. The zero-order valence-electron chi connectivity index (χ0n) is 14.3. The van der Waals surface area contributed by atoms with Crippen LogP contribution in [0.3, 0.4) is 0 Å². The summed E-state index contributed by atoms with van der Waals surface area (Å²) in [5, 5.41) is 16.2. The van der Waals surface area contributed by atoms with Crippen molar-refractivity contribution in [2.24, 2.45) is 5.41 Å². The van der Waals surface area contributed by atoms with Crippen LogP contribution < -0.4 is 15.7 Å². The van der Waals surface area contributed by atoms with E-state index in [0.29, 0.717) is 16.9 Å². The molecule has 0 aliphatic heterocycles. The topological polar surface area (TPSA) is 98.3 Å². The van der Waals surface area contributed by atoms with E-state index in [-0.39, 0.29) is 17.4 Å². The average Bonchev–Trinajstić information content (AvgIpc) is 2.54. The van der Waals surface area contributed by atoms with Gasteiger partial charge < -0.3 is 20.5 Å². The number of aromatic carboxylic acids is 1. The molecule has 2 aromatic carbocycles. The lowest BCUT2D eigenvalue weighted by molar-refractivity contribution is -0.255.